The Morgan fingerprint density at radius 2 is 2.30 bits per heavy atom. The molecule has 3 N–H and O–H groups in total. The van der Waals surface area contributed by atoms with Crippen LogP contribution >= 0.6 is 23.1 Å². The molecule has 0 amide bonds. The van der Waals surface area contributed by atoms with Crippen molar-refractivity contribution in [2.45, 2.75) is 31.5 Å². The lowest BCUT2D eigenvalue weighted by Gasteiger charge is -2.15. The lowest BCUT2D eigenvalue weighted by atomic mass is 10.2. The van der Waals surface area contributed by atoms with Crippen molar-refractivity contribution in [1.82, 2.24) is 14.8 Å². The molecule has 1 unspecified atom stereocenters. The van der Waals surface area contributed by atoms with E-state index in [9.17, 15) is 4.79 Å². The van der Waals surface area contributed by atoms with E-state index in [0.717, 1.165) is 18.2 Å². The number of nitrogens with zero attached hydrogens (tertiary/aromatic N) is 3. The van der Waals surface area contributed by atoms with E-state index in [4.69, 9.17) is 10.8 Å². The van der Waals surface area contributed by atoms with Gasteiger partial charge in [0.1, 0.15) is 0 Å². The van der Waals surface area contributed by atoms with E-state index in [1.54, 1.807) is 15.9 Å². The van der Waals surface area contributed by atoms with E-state index in [-0.39, 0.29) is 11.8 Å². The second-order valence-electron chi connectivity index (χ2n) is 4.46. The average molecular weight is 312 g/mol. The molecule has 0 radical (unpaired) electrons. The zero-order chi connectivity index (χ0) is 14.7. The number of thiophene rings is 1. The standard InChI is InChI=1S/C12H16N4O2S2/c1-7(5-9-4-3-8(2)20-9)16-11(13)14-15-12(16)19-6-10(17)18/h3-4,7H,5-6H2,1-2H3,(H2,13,14)(H,17,18). The van der Waals surface area contributed by atoms with Gasteiger partial charge in [-0.2, -0.15) is 0 Å². The van der Waals surface area contributed by atoms with Crippen molar-refractivity contribution < 1.29 is 9.90 Å². The van der Waals surface area contributed by atoms with Gasteiger partial charge in [-0.25, -0.2) is 0 Å². The summed E-state index contributed by atoms with van der Waals surface area (Å²) in [5.74, 6) is -0.619. The third kappa shape index (κ3) is 3.51. The number of carboxylic acids is 1. The molecule has 2 aromatic heterocycles. The second kappa shape index (κ2) is 6.27. The van der Waals surface area contributed by atoms with Crippen molar-refractivity contribution in [3.8, 4) is 0 Å². The highest BCUT2D eigenvalue weighted by Crippen LogP contribution is 2.27. The summed E-state index contributed by atoms with van der Waals surface area (Å²) in [7, 11) is 0. The number of hydrogen-bond acceptors (Lipinski definition) is 6. The summed E-state index contributed by atoms with van der Waals surface area (Å²) >= 11 is 2.88. The number of rotatable bonds is 6. The van der Waals surface area contributed by atoms with E-state index in [1.807, 2.05) is 6.92 Å². The summed E-state index contributed by atoms with van der Waals surface area (Å²) in [6, 6.07) is 4.27. The molecule has 0 fully saturated rings. The number of nitrogens with two attached hydrogens (primary N) is 1. The van der Waals surface area contributed by atoms with Gasteiger partial charge in [-0.05, 0) is 26.0 Å². The van der Waals surface area contributed by atoms with Crippen molar-refractivity contribution >= 4 is 35.0 Å². The molecule has 2 rings (SSSR count). The van der Waals surface area contributed by atoms with Gasteiger partial charge in [-0.1, -0.05) is 11.8 Å². The number of carboxylic acid groups (broad SMARTS) is 1. The highest BCUT2D eigenvalue weighted by Gasteiger charge is 2.17. The molecule has 0 aliphatic heterocycles. The Balaban J connectivity index is 2.13. The zero-order valence-corrected chi connectivity index (χ0v) is 12.9. The lowest BCUT2D eigenvalue weighted by Crippen LogP contribution is -2.13. The normalized spacial score (nSPS) is 12.5. The molecule has 0 saturated heterocycles. The van der Waals surface area contributed by atoms with Gasteiger partial charge in [0.2, 0.25) is 5.95 Å². The molecule has 2 heterocycles. The van der Waals surface area contributed by atoms with Gasteiger partial charge in [-0.15, -0.1) is 21.5 Å². The topological polar surface area (TPSA) is 94.0 Å². The minimum absolute atomic E-state index is 0.0526. The van der Waals surface area contributed by atoms with Crippen molar-refractivity contribution in [3.63, 3.8) is 0 Å². The van der Waals surface area contributed by atoms with Crippen LogP contribution in [0.25, 0.3) is 0 Å². The Kier molecular flexibility index (Phi) is 4.66. The maximum Gasteiger partial charge on any atom is 0.313 e. The summed E-state index contributed by atoms with van der Waals surface area (Å²) < 4.78 is 1.79. The van der Waals surface area contributed by atoms with Gasteiger partial charge in [0.25, 0.3) is 0 Å². The number of hydrogen-bond donors (Lipinski definition) is 2. The van der Waals surface area contributed by atoms with Crippen LogP contribution in [-0.2, 0) is 11.2 Å². The van der Waals surface area contributed by atoms with Gasteiger partial charge in [0.15, 0.2) is 5.16 Å². The van der Waals surface area contributed by atoms with Crippen molar-refractivity contribution in [3.05, 3.63) is 21.9 Å². The zero-order valence-electron chi connectivity index (χ0n) is 11.2. The van der Waals surface area contributed by atoms with Gasteiger partial charge in [0, 0.05) is 22.2 Å². The molecule has 1 atom stereocenters. The van der Waals surface area contributed by atoms with Gasteiger partial charge in [-0.3, -0.25) is 9.36 Å². The molecule has 0 aromatic carbocycles. The van der Waals surface area contributed by atoms with Crippen LogP contribution in [0.4, 0.5) is 5.95 Å². The summed E-state index contributed by atoms with van der Waals surface area (Å²) in [6.07, 6.45) is 0.821. The molecular formula is C12H16N4O2S2. The predicted octanol–water partition coefficient (Wildman–Crippen LogP) is 2.21. The van der Waals surface area contributed by atoms with Gasteiger partial charge < -0.3 is 10.8 Å². The molecule has 108 valence electrons. The quantitative estimate of drug-likeness (QED) is 0.794. The maximum atomic E-state index is 10.6. The fourth-order valence-corrected chi connectivity index (χ4v) is 3.68. The van der Waals surface area contributed by atoms with Crippen LogP contribution in [0.3, 0.4) is 0 Å². The van der Waals surface area contributed by atoms with Crippen LogP contribution in [0.2, 0.25) is 0 Å². The third-order valence-electron chi connectivity index (χ3n) is 2.75. The fraction of sp³-hybridized carbons (Fsp3) is 0.417. The fourth-order valence-electron chi connectivity index (χ4n) is 1.90. The Morgan fingerprint density at radius 1 is 1.55 bits per heavy atom. The Hall–Kier alpha value is -1.54. The lowest BCUT2D eigenvalue weighted by molar-refractivity contribution is -0.133. The number of thioether (sulfide) groups is 1. The highest BCUT2D eigenvalue weighted by atomic mass is 32.2. The first kappa shape index (κ1) is 14.9. The number of anilines is 1. The molecule has 8 heteroatoms. The first-order valence-electron chi connectivity index (χ1n) is 6.07. The minimum Gasteiger partial charge on any atom is -0.481 e. The number of carbonyl (C=O) groups is 1. The highest BCUT2D eigenvalue weighted by molar-refractivity contribution is 7.99. The summed E-state index contributed by atoms with van der Waals surface area (Å²) in [4.78, 5) is 13.2. The van der Waals surface area contributed by atoms with Crippen LogP contribution in [0.5, 0.6) is 0 Å². The monoisotopic (exact) mass is 312 g/mol. The Morgan fingerprint density at radius 3 is 2.90 bits per heavy atom. The maximum absolute atomic E-state index is 10.6. The molecular weight excluding hydrogens is 296 g/mol. The van der Waals surface area contributed by atoms with E-state index >= 15 is 0 Å². The minimum atomic E-state index is -0.885. The van der Waals surface area contributed by atoms with Crippen LogP contribution in [0.15, 0.2) is 17.3 Å². The largest absolute Gasteiger partial charge is 0.481 e. The second-order valence-corrected chi connectivity index (χ2v) is 6.77. The van der Waals surface area contributed by atoms with E-state index in [2.05, 4.69) is 29.3 Å². The van der Waals surface area contributed by atoms with Crippen LogP contribution < -0.4 is 5.73 Å². The first-order valence-corrected chi connectivity index (χ1v) is 7.88. The van der Waals surface area contributed by atoms with E-state index in [0.29, 0.717) is 11.1 Å². The van der Waals surface area contributed by atoms with Crippen LogP contribution in [0, 0.1) is 6.92 Å². The molecule has 0 spiro atoms. The van der Waals surface area contributed by atoms with E-state index < -0.39 is 5.97 Å². The number of aryl methyl sites for hydroxylation is 1. The average Bonchev–Trinajstić information content (AvgIpc) is 2.93. The summed E-state index contributed by atoms with van der Waals surface area (Å²) in [5.41, 5.74) is 5.84. The Bertz CT molecular complexity index is 608. The third-order valence-corrected chi connectivity index (χ3v) is 4.70. The molecule has 0 aliphatic carbocycles. The number of aromatic nitrogens is 3. The van der Waals surface area contributed by atoms with Crippen LogP contribution in [0.1, 0.15) is 22.7 Å². The van der Waals surface area contributed by atoms with E-state index in [1.165, 1.54) is 9.75 Å². The smallest absolute Gasteiger partial charge is 0.313 e. The molecule has 0 aliphatic rings. The van der Waals surface area contributed by atoms with Gasteiger partial charge in [0.05, 0.1) is 5.75 Å². The SMILES string of the molecule is Cc1ccc(CC(C)n2c(N)nnc2SCC(=O)O)s1. The summed E-state index contributed by atoms with van der Waals surface area (Å²) in [5, 5.41) is 17.1. The van der Waals surface area contributed by atoms with Crippen molar-refractivity contribution in [2.24, 2.45) is 0 Å². The van der Waals surface area contributed by atoms with Gasteiger partial charge >= 0.3 is 5.97 Å². The predicted molar refractivity (Wildman–Crippen MR) is 80.3 cm³/mol. The van der Waals surface area contributed by atoms with Crippen LogP contribution in [-0.4, -0.2) is 31.6 Å². The molecule has 20 heavy (non-hydrogen) atoms. The summed E-state index contributed by atoms with van der Waals surface area (Å²) in [6.45, 7) is 4.10. The van der Waals surface area contributed by atoms with Crippen molar-refractivity contribution in [1.29, 1.82) is 0 Å². The number of nitrogen functional groups attached to an aromatic ring is 1. The molecule has 2 aromatic rings. The molecule has 0 saturated carbocycles. The Labute approximate surface area is 125 Å². The van der Waals surface area contributed by atoms with Crippen molar-refractivity contribution in [2.75, 3.05) is 11.5 Å². The molecule has 0 bridgehead atoms. The number of aliphatic carboxylic acids is 1. The molecule has 6 nitrogen and oxygen atoms in total. The first-order chi connectivity index (χ1) is 9.47.